The lowest BCUT2D eigenvalue weighted by atomic mass is 10.1. The van der Waals surface area contributed by atoms with E-state index in [9.17, 15) is 4.79 Å². The van der Waals surface area contributed by atoms with Crippen LogP contribution in [-0.2, 0) is 11.2 Å². The molecule has 0 aliphatic carbocycles. The Morgan fingerprint density at radius 1 is 0.864 bits per heavy atom. The van der Waals surface area contributed by atoms with Gasteiger partial charge in [-0.1, -0.05) is 64.5 Å². The Bertz CT molecular complexity index is 398. The van der Waals surface area contributed by atoms with E-state index in [4.69, 9.17) is 9.47 Å². The van der Waals surface area contributed by atoms with Gasteiger partial charge in [0.05, 0.1) is 6.61 Å². The summed E-state index contributed by atoms with van der Waals surface area (Å²) >= 11 is 0. The summed E-state index contributed by atoms with van der Waals surface area (Å²) in [4.78, 5) is 11.5. The van der Waals surface area contributed by atoms with Crippen LogP contribution in [0.1, 0.15) is 70.8 Å². The Morgan fingerprint density at radius 2 is 1.50 bits per heavy atom. The fourth-order valence-corrected chi connectivity index (χ4v) is 2.29. The third kappa shape index (κ3) is 8.71. The van der Waals surface area contributed by atoms with E-state index in [1.807, 2.05) is 24.3 Å². The molecule has 0 aliphatic heterocycles. The second kappa shape index (κ2) is 12.1. The predicted molar refractivity (Wildman–Crippen MR) is 90.4 cm³/mol. The number of unbranched alkanes of at least 4 members (excludes halogenated alkanes) is 6. The van der Waals surface area contributed by atoms with Crippen molar-refractivity contribution in [1.82, 2.24) is 0 Å². The van der Waals surface area contributed by atoms with Gasteiger partial charge in [0.1, 0.15) is 5.75 Å². The number of hydrogen-bond donors (Lipinski definition) is 0. The molecule has 1 rings (SSSR count). The van der Waals surface area contributed by atoms with Gasteiger partial charge in [0.15, 0.2) is 0 Å². The van der Waals surface area contributed by atoms with Crippen molar-refractivity contribution in [3.05, 3.63) is 29.8 Å². The van der Waals surface area contributed by atoms with Crippen molar-refractivity contribution in [3.63, 3.8) is 0 Å². The van der Waals surface area contributed by atoms with Crippen molar-refractivity contribution >= 4 is 6.16 Å². The van der Waals surface area contributed by atoms with Gasteiger partial charge >= 0.3 is 6.16 Å². The second-order valence-corrected chi connectivity index (χ2v) is 5.72. The second-order valence-electron chi connectivity index (χ2n) is 5.72. The van der Waals surface area contributed by atoms with Crippen LogP contribution in [0.15, 0.2) is 24.3 Å². The predicted octanol–water partition coefficient (Wildman–Crippen LogP) is 5.91. The average Bonchev–Trinajstić information content (AvgIpc) is 2.53. The van der Waals surface area contributed by atoms with E-state index in [1.54, 1.807) is 0 Å². The summed E-state index contributed by atoms with van der Waals surface area (Å²) in [6.07, 6.45) is 9.99. The van der Waals surface area contributed by atoms with Gasteiger partial charge in [0.25, 0.3) is 0 Å². The highest BCUT2D eigenvalue weighted by Gasteiger charge is 2.05. The lowest BCUT2D eigenvalue weighted by Crippen LogP contribution is -2.11. The van der Waals surface area contributed by atoms with Crippen LogP contribution in [0.2, 0.25) is 0 Å². The van der Waals surface area contributed by atoms with Crippen molar-refractivity contribution in [2.45, 2.75) is 71.6 Å². The van der Waals surface area contributed by atoms with Crippen LogP contribution < -0.4 is 4.74 Å². The van der Waals surface area contributed by atoms with Crippen LogP contribution in [0, 0.1) is 0 Å². The number of carbonyl (C=O) groups excluding carboxylic acids is 1. The maximum absolute atomic E-state index is 11.5. The first-order chi connectivity index (χ1) is 10.8. The normalized spacial score (nSPS) is 10.5. The molecule has 0 saturated heterocycles. The number of rotatable bonds is 11. The Kier molecular flexibility index (Phi) is 10.2. The molecule has 0 unspecified atom stereocenters. The summed E-state index contributed by atoms with van der Waals surface area (Å²) in [5.74, 6) is 0.551. The monoisotopic (exact) mass is 306 g/mol. The minimum absolute atomic E-state index is 0.433. The maximum Gasteiger partial charge on any atom is 0.513 e. The molecule has 1 aromatic rings. The Labute approximate surface area is 135 Å². The highest BCUT2D eigenvalue weighted by molar-refractivity contribution is 5.63. The first-order valence-electron chi connectivity index (χ1n) is 8.69. The van der Waals surface area contributed by atoms with Crippen LogP contribution in [0.25, 0.3) is 0 Å². The summed E-state index contributed by atoms with van der Waals surface area (Å²) in [5.41, 5.74) is 1.29. The van der Waals surface area contributed by atoms with Crippen molar-refractivity contribution in [2.24, 2.45) is 0 Å². The molecule has 0 radical (unpaired) electrons. The molecule has 0 spiro atoms. The zero-order valence-corrected chi connectivity index (χ0v) is 14.1. The van der Waals surface area contributed by atoms with E-state index in [1.165, 1.54) is 37.7 Å². The van der Waals surface area contributed by atoms with Crippen LogP contribution in [0.5, 0.6) is 5.75 Å². The zero-order valence-electron chi connectivity index (χ0n) is 14.1. The molecule has 22 heavy (non-hydrogen) atoms. The van der Waals surface area contributed by atoms with E-state index in [2.05, 4.69) is 13.8 Å². The van der Waals surface area contributed by atoms with Gasteiger partial charge in [-0.05, 0) is 37.0 Å². The number of carbonyl (C=O) groups is 1. The smallest absolute Gasteiger partial charge is 0.434 e. The highest BCUT2D eigenvalue weighted by Crippen LogP contribution is 2.15. The fraction of sp³-hybridized carbons (Fsp3) is 0.632. The van der Waals surface area contributed by atoms with Gasteiger partial charge in [0.2, 0.25) is 0 Å². The van der Waals surface area contributed by atoms with E-state index < -0.39 is 6.16 Å². The maximum atomic E-state index is 11.5. The molecule has 0 aliphatic rings. The van der Waals surface area contributed by atoms with Crippen LogP contribution in [0.4, 0.5) is 4.79 Å². The van der Waals surface area contributed by atoms with Gasteiger partial charge in [-0.2, -0.15) is 0 Å². The van der Waals surface area contributed by atoms with E-state index in [0.717, 1.165) is 25.7 Å². The lowest BCUT2D eigenvalue weighted by molar-refractivity contribution is 0.0974. The Hall–Kier alpha value is -1.51. The minimum atomic E-state index is -0.608. The van der Waals surface area contributed by atoms with Crippen LogP contribution in [-0.4, -0.2) is 12.8 Å². The number of benzene rings is 1. The molecule has 0 atom stereocenters. The topological polar surface area (TPSA) is 35.5 Å². The van der Waals surface area contributed by atoms with Crippen molar-refractivity contribution in [3.8, 4) is 5.75 Å². The van der Waals surface area contributed by atoms with Gasteiger partial charge in [-0.25, -0.2) is 4.79 Å². The third-order valence-electron chi connectivity index (χ3n) is 3.66. The molecular formula is C19H30O3. The molecule has 3 nitrogen and oxygen atoms in total. The van der Waals surface area contributed by atoms with Crippen LogP contribution in [0.3, 0.4) is 0 Å². The Balaban J connectivity index is 2.22. The van der Waals surface area contributed by atoms with Gasteiger partial charge in [-0.3, -0.25) is 0 Å². The van der Waals surface area contributed by atoms with Gasteiger partial charge in [0, 0.05) is 0 Å². The van der Waals surface area contributed by atoms with E-state index in [0.29, 0.717) is 12.4 Å². The molecule has 3 heteroatoms. The first kappa shape index (κ1) is 18.5. The molecule has 0 heterocycles. The van der Waals surface area contributed by atoms with Crippen molar-refractivity contribution < 1.29 is 14.3 Å². The van der Waals surface area contributed by atoms with E-state index >= 15 is 0 Å². The quantitative estimate of drug-likeness (QED) is 0.290. The Morgan fingerprint density at radius 3 is 2.18 bits per heavy atom. The van der Waals surface area contributed by atoms with E-state index in [-0.39, 0.29) is 0 Å². The molecule has 0 aromatic heterocycles. The molecule has 124 valence electrons. The summed E-state index contributed by atoms with van der Waals surface area (Å²) < 4.78 is 10.2. The zero-order chi connectivity index (χ0) is 16.0. The summed E-state index contributed by atoms with van der Waals surface area (Å²) in [7, 11) is 0. The van der Waals surface area contributed by atoms with Gasteiger partial charge in [-0.15, -0.1) is 0 Å². The molecule has 0 saturated carbocycles. The number of ether oxygens (including phenoxy) is 2. The third-order valence-corrected chi connectivity index (χ3v) is 3.66. The summed E-state index contributed by atoms with van der Waals surface area (Å²) in [5, 5.41) is 0. The number of aryl methyl sites for hydroxylation is 1. The summed E-state index contributed by atoms with van der Waals surface area (Å²) in [6, 6.07) is 7.74. The van der Waals surface area contributed by atoms with Gasteiger partial charge < -0.3 is 9.47 Å². The molecule has 0 fully saturated rings. The first-order valence-corrected chi connectivity index (χ1v) is 8.69. The summed E-state index contributed by atoms with van der Waals surface area (Å²) in [6.45, 7) is 4.78. The molecular weight excluding hydrogens is 276 g/mol. The standard InChI is InChI=1S/C19H30O3/c1-3-5-7-8-9-11-17-12-14-18(15-13-17)22-19(20)21-16-10-6-4-2/h12-15H,3-11,16H2,1-2H3. The minimum Gasteiger partial charge on any atom is -0.434 e. The molecule has 0 bridgehead atoms. The number of hydrogen-bond acceptors (Lipinski definition) is 3. The largest absolute Gasteiger partial charge is 0.513 e. The van der Waals surface area contributed by atoms with Crippen LogP contribution >= 0.6 is 0 Å². The fourth-order valence-electron chi connectivity index (χ4n) is 2.29. The van der Waals surface area contributed by atoms with Crippen molar-refractivity contribution in [1.29, 1.82) is 0 Å². The lowest BCUT2D eigenvalue weighted by Gasteiger charge is -2.07. The molecule has 0 amide bonds. The van der Waals surface area contributed by atoms with Crippen molar-refractivity contribution in [2.75, 3.05) is 6.61 Å². The molecule has 0 N–H and O–H groups in total. The highest BCUT2D eigenvalue weighted by atomic mass is 16.7. The average molecular weight is 306 g/mol. The SMILES string of the molecule is CCCCCCCc1ccc(OC(=O)OCCCCC)cc1. The molecule has 1 aromatic carbocycles.